The number of hydrogen-bond acceptors (Lipinski definition) is 7. The van der Waals surface area contributed by atoms with E-state index in [9.17, 15) is 14.4 Å². The van der Waals surface area contributed by atoms with Gasteiger partial charge in [0.15, 0.2) is 6.10 Å². The number of esters is 1. The van der Waals surface area contributed by atoms with Crippen LogP contribution in [0.2, 0.25) is 0 Å². The molecule has 0 aliphatic heterocycles. The molecule has 2 amide bonds. The Labute approximate surface area is 186 Å². The van der Waals surface area contributed by atoms with Crippen LogP contribution in [0.5, 0.6) is 11.5 Å². The first-order valence-electron chi connectivity index (χ1n) is 10.1. The molecular weight excluding hydrogens is 414 g/mol. The van der Waals surface area contributed by atoms with Crippen molar-refractivity contribution in [1.29, 1.82) is 0 Å². The first-order valence-corrected chi connectivity index (χ1v) is 10.1. The van der Waals surface area contributed by atoms with Crippen LogP contribution in [0.25, 0.3) is 0 Å². The third kappa shape index (κ3) is 8.10. The van der Waals surface area contributed by atoms with E-state index in [1.54, 1.807) is 62.4 Å². The molecule has 2 N–H and O–H groups in total. The van der Waals surface area contributed by atoms with Crippen LogP contribution in [0.15, 0.2) is 53.6 Å². The summed E-state index contributed by atoms with van der Waals surface area (Å²) in [4.78, 5) is 35.5. The summed E-state index contributed by atoms with van der Waals surface area (Å²) in [6, 6.07) is 13.8. The van der Waals surface area contributed by atoms with Gasteiger partial charge >= 0.3 is 5.97 Å². The molecule has 9 heteroatoms. The minimum Gasteiger partial charge on any atom is -0.495 e. The summed E-state index contributed by atoms with van der Waals surface area (Å²) in [6.07, 6.45) is 0.737. The van der Waals surface area contributed by atoms with Crippen molar-refractivity contribution in [3.8, 4) is 11.5 Å². The Bertz CT molecular complexity index is 943. The van der Waals surface area contributed by atoms with Gasteiger partial charge in [0.1, 0.15) is 11.5 Å². The van der Waals surface area contributed by atoms with Gasteiger partial charge in [-0.1, -0.05) is 12.1 Å². The quantitative estimate of drug-likeness (QED) is 0.315. The van der Waals surface area contributed by atoms with Crippen LogP contribution in [0.1, 0.15) is 32.3 Å². The van der Waals surface area contributed by atoms with E-state index in [1.165, 1.54) is 13.3 Å². The van der Waals surface area contributed by atoms with Gasteiger partial charge in [-0.3, -0.25) is 9.59 Å². The second-order valence-electron chi connectivity index (χ2n) is 6.62. The van der Waals surface area contributed by atoms with Crippen LogP contribution >= 0.6 is 0 Å². The number of nitrogens with zero attached hydrogens (tertiary/aromatic N) is 1. The number of methoxy groups -OCH3 is 1. The Morgan fingerprint density at radius 2 is 1.72 bits per heavy atom. The number of carbonyl (C=O) groups is 3. The van der Waals surface area contributed by atoms with Crippen molar-refractivity contribution in [2.75, 3.05) is 19.0 Å². The van der Waals surface area contributed by atoms with E-state index in [1.807, 2.05) is 0 Å². The maximum absolute atomic E-state index is 12.0. The predicted molar refractivity (Wildman–Crippen MR) is 120 cm³/mol. The molecule has 9 nitrogen and oxygen atoms in total. The summed E-state index contributed by atoms with van der Waals surface area (Å²) in [5.74, 6) is -0.0761. The number of nitrogens with one attached hydrogen (secondary N) is 2. The molecule has 170 valence electrons. The Balaban J connectivity index is 1.74. The van der Waals surface area contributed by atoms with Crippen LogP contribution < -0.4 is 20.2 Å². The van der Waals surface area contributed by atoms with E-state index in [0.29, 0.717) is 23.8 Å². The van der Waals surface area contributed by atoms with Gasteiger partial charge in [0.25, 0.3) is 0 Å². The fraction of sp³-hybridized carbons (Fsp3) is 0.304. The Morgan fingerprint density at radius 3 is 2.41 bits per heavy atom. The zero-order valence-corrected chi connectivity index (χ0v) is 18.3. The number of amides is 2. The van der Waals surface area contributed by atoms with Crippen molar-refractivity contribution < 1.29 is 28.6 Å². The zero-order chi connectivity index (χ0) is 23.3. The molecule has 0 bridgehead atoms. The molecule has 32 heavy (non-hydrogen) atoms. The van der Waals surface area contributed by atoms with E-state index in [-0.39, 0.29) is 24.7 Å². The molecule has 1 atom stereocenters. The minimum atomic E-state index is -0.714. The van der Waals surface area contributed by atoms with Crippen LogP contribution in [0.4, 0.5) is 5.69 Å². The van der Waals surface area contributed by atoms with Crippen molar-refractivity contribution in [3.05, 3.63) is 54.1 Å². The Kier molecular flexibility index (Phi) is 9.70. The standard InChI is InChI=1S/C23H27N3O6/c1-4-31-23(29)16(2)32-18-11-9-17(10-12-18)15-24-26-22(28)14-13-21(27)25-19-7-5-6-8-20(19)30-3/h5-12,15-16H,4,13-14H2,1-3H3,(H,25,27)(H,26,28). The molecule has 2 aromatic carbocycles. The summed E-state index contributed by atoms with van der Waals surface area (Å²) in [6.45, 7) is 3.63. The van der Waals surface area contributed by atoms with E-state index >= 15 is 0 Å². The lowest BCUT2D eigenvalue weighted by Crippen LogP contribution is -2.26. The van der Waals surface area contributed by atoms with Crippen molar-refractivity contribution in [2.24, 2.45) is 5.10 Å². The SMILES string of the molecule is CCOC(=O)C(C)Oc1ccc(C=NNC(=O)CCC(=O)Nc2ccccc2OC)cc1. The third-order valence-corrected chi connectivity index (χ3v) is 4.17. The van der Waals surface area contributed by atoms with Gasteiger partial charge in [-0.05, 0) is 55.8 Å². The van der Waals surface area contributed by atoms with Crippen molar-refractivity contribution >= 4 is 29.7 Å². The van der Waals surface area contributed by atoms with Gasteiger partial charge in [0, 0.05) is 12.8 Å². The fourth-order valence-electron chi connectivity index (χ4n) is 2.57. The highest BCUT2D eigenvalue weighted by Gasteiger charge is 2.15. The molecular formula is C23H27N3O6. The zero-order valence-electron chi connectivity index (χ0n) is 18.3. The molecule has 0 saturated carbocycles. The van der Waals surface area contributed by atoms with Crippen molar-refractivity contribution in [1.82, 2.24) is 5.43 Å². The molecule has 1 unspecified atom stereocenters. The number of hydrogen-bond donors (Lipinski definition) is 2. The van der Waals surface area contributed by atoms with E-state index in [0.717, 1.165) is 5.56 Å². The van der Waals surface area contributed by atoms with Gasteiger partial charge < -0.3 is 19.5 Å². The average Bonchev–Trinajstić information content (AvgIpc) is 2.79. The Hall–Kier alpha value is -3.88. The maximum Gasteiger partial charge on any atom is 0.347 e. The summed E-state index contributed by atoms with van der Waals surface area (Å²) in [5, 5.41) is 6.59. The highest BCUT2D eigenvalue weighted by atomic mass is 16.6. The van der Waals surface area contributed by atoms with Gasteiger partial charge in [-0.2, -0.15) is 5.10 Å². The van der Waals surface area contributed by atoms with Crippen LogP contribution in [0, 0.1) is 0 Å². The largest absolute Gasteiger partial charge is 0.495 e. The number of carbonyl (C=O) groups excluding carboxylic acids is 3. The maximum atomic E-state index is 12.0. The molecule has 0 heterocycles. The molecule has 2 aromatic rings. The molecule has 0 aromatic heterocycles. The normalized spacial score (nSPS) is 11.5. The molecule has 0 radical (unpaired) electrons. The van der Waals surface area contributed by atoms with E-state index in [4.69, 9.17) is 14.2 Å². The predicted octanol–water partition coefficient (Wildman–Crippen LogP) is 2.89. The van der Waals surface area contributed by atoms with Gasteiger partial charge in [0.05, 0.1) is 25.6 Å². The molecule has 0 fully saturated rings. The van der Waals surface area contributed by atoms with Crippen molar-refractivity contribution in [3.63, 3.8) is 0 Å². The molecule has 0 saturated heterocycles. The lowest BCUT2D eigenvalue weighted by molar-refractivity contribution is -0.150. The topological polar surface area (TPSA) is 115 Å². The third-order valence-electron chi connectivity index (χ3n) is 4.17. The number of ether oxygens (including phenoxy) is 3. The van der Waals surface area contributed by atoms with E-state index in [2.05, 4.69) is 15.8 Å². The first-order chi connectivity index (χ1) is 15.4. The lowest BCUT2D eigenvalue weighted by atomic mass is 10.2. The highest BCUT2D eigenvalue weighted by molar-refractivity contribution is 5.94. The fourth-order valence-corrected chi connectivity index (χ4v) is 2.57. The number of hydrazone groups is 1. The van der Waals surface area contributed by atoms with Crippen LogP contribution in [0.3, 0.4) is 0 Å². The number of anilines is 1. The minimum absolute atomic E-state index is 0.00406. The highest BCUT2D eigenvalue weighted by Crippen LogP contribution is 2.23. The second-order valence-corrected chi connectivity index (χ2v) is 6.62. The summed E-state index contributed by atoms with van der Waals surface area (Å²) in [7, 11) is 1.51. The van der Waals surface area contributed by atoms with Crippen molar-refractivity contribution in [2.45, 2.75) is 32.8 Å². The van der Waals surface area contributed by atoms with Gasteiger partial charge in [-0.25, -0.2) is 10.2 Å². The van der Waals surface area contributed by atoms with E-state index < -0.39 is 12.1 Å². The van der Waals surface area contributed by atoms with Gasteiger partial charge in [0.2, 0.25) is 11.8 Å². The Morgan fingerprint density at radius 1 is 1.03 bits per heavy atom. The van der Waals surface area contributed by atoms with Crippen LogP contribution in [-0.2, 0) is 19.1 Å². The smallest absolute Gasteiger partial charge is 0.347 e. The monoisotopic (exact) mass is 441 g/mol. The number of rotatable bonds is 11. The average molecular weight is 441 g/mol. The molecule has 0 aliphatic carbocycles. The number of para-hydroxylation sites is 2. The molecule has 0 spiro atoms. The first kappa shape index (κ1) is 24.4. The molecule has 2 rings (SSSR count). The molecule has 0 aliphatic rings. The lowest BCUT2D eigenvalue weighted by Gasteiger charge is -2.13. The number of benzene rings is 2. The van der Waals surface area contributed by atoms with Gasteiger partial charge in [-0.15, -0.1) is 0 Å². The summed E-state index contributed by atoms with van der Waals surface area (Å²) < 4.78 is 15.6. The second kappa shape index (κ2) is 12.7. The summed E-state index contributed by atoms with van der Waals surface area (Å²) >= 11 is 0. The summed E-state index contributed by atoms with van der Waals surface area (Å²) in [5.41, 5.74) is 3.64. The van der Waals surface area contributed by atoms with Crippen LogP contribution in [-0.4, -0.2) is 43.8 Å².